The highest BCUT2D eigenvalue weighted by Gasteiger charge is 2.20. The van der Waals surface area contributed by atoms with E-state index >= 15 is 0 Å². The Kier molecular flexibility index (Phi) is 5.64. The molecule has 0 radical (unpaired) electrons. The summed E-state index contributed by atoms with van der Waals surface area (Å²) in [6.07, 6.45) is 0. The Hall–Kier alpha value is -1.95. The molecule has 2 atom stereocenters. The lowest BCUT2D eigenvalue weighted by atomic mass is 10.1. The van der Waals surface area contributed by atoms with Crippen molar-refractivity contribution in [3.05, 3.63) is 29.6 Å². The van der Waals surface area contributed by atoms with Gasteiger partial charge in [-0.25, -0.2) is 4.39 Å². The Morgan fingerprint density at radius 1 is 1.30 bits per heavy atom. The smallest absolute Gasteiger partial charge is 0.313 e. The third kappa shape index (κ3) is 4.03. The number of aliphatic hydroxyl groups excluding tert-OH is 1. The monoisotopic (exact) mass is 282 g/mol. The van der Waals surface area contributed by atoms with Crippen LogP contribution in [0.25, 0.3) is 0 Å². The molecule has 0 saturated carbocycles. The lowest BCUT2D eigenvalue weighted by molar-refractivity contribution is -0.136. The zero-order chi connectivity index (χ0) is 15.3. The molecule has 0 bridgehead atoms. The van der Waals surface area contributed by atoms with E-state index in [1.807, 2.05) is 0 Å². The maximum Gasteiger partial charge on any atom is 0.313 e. The minimum atomic E-state index is -0.865. The number of nitrogens with one attached hydrogen (secondary N) is 2. The van der Waals surface area contributed by atoms with Gasteiger partial charge in [-0.3, -0.25) is 9.59 Å². The summed E-state index contributed by atoms with van der Waals surface area (Å²) in [6.45, 7) is 4.87. The van der Waals surface area contributed by atoms with Gasteiger partial charge in [0.05, 0.1) is 0 Å². The predicted molar refractivity (Wildman–Crippen MR) is 73.6 cm³/mol. The number of benzene rings is 1. The number of halogens is 1. The molecule has 0 fully saturated rings. The molecule has 3 N–H and O–H groups in total. The van der Waals surface area contributed by atoms with E-state index in [4.69, 9.17) is 5.11 Å². The molecule has 5 nitrogen and oxygen atoms in total. The third-order valence-corrected chi connectivity index (χ3v) is 3.22. The molecule has 0 spiro atoms. The van der Waals surface area contributed by atoms with Gasteiger partial charge in [0.15, 0.2) is 0 Å². The van der Waals surface area contributed by atoms with E-state index in [-0.39, 0.29) is 29.8 Å². The Morgan fingerprint density at radius 3 is 2.55 bits per heavy atom. The second-order valence-electron chi connectivity index (χ2n) is 4.79. The zero-order valence-corrected chi connectivity index (χ0v) is 11.7. The Morgan fingerprint density at radius 2 is 1.95 bits per heavy atom. The molecule has 1 rings (SSSR count). The highest BCUT2D eigenvalue weighted by atomic mass is 19.1. The number of hydrogen-bond acceptors (Lipinski definition) is 3. The molecular weight excluding hydrogens is 263 g/mol. The second kappa shape index (κ2) is 7.00. The van der Waals surface area contributed by atoms with Crippen LogP contribution in [0.15, 0.2) is 18.2 Å². The van der Waals surface area contributed by atoms with Crippen molar-refractivity contribution >= 4 is 17.5 Å². The molecule has 0 aliphatic rings. The molecule has 110 valence electrons. The maximum atomic E-state index is 13.3. The molecule has 0 saturated heterocycles. The average molecular weight is 282 g/mol. The molecule has 1 aromatic rings. The van der Waals surface area contributed by atoms with Crippen LogP contribution in [-0.4, -0.2) is 29.6 Å². The van der Waals surface area contributed by atoms with Gasteiger partial charge in [0.25, 0.3) is 0 Å². The second-order valence-corrected chi connectivity index (χ2v) is 4.79. The average Bonchev–Trinajstić information content (AvgIpc) is 2.42. The molecule has 2 amide bonds. The van der Waals surface area contributed by atoms with Crippen molar-refractivity contribution in [3.8, 4) is 0 Å². The number of carbonyl (C=O) groups is 2. The molecule has 0 aromatic heterocycles. The first kappa shape index (κ1) is 16.1. The molecular formula is C14H19FN2O3. The van der Waals surface area contributed by atoms with Gasteiger partial charge in [-0.15, -0.1) is 0 Å². The highest BCUT2D eigenvalue weighted by molar-refractivity contribution is 6.39. The van der Waals surface area contributed by atoms with Crippen LogP contribution in [0.3, 0.4) is 0 Å². The minimum absolute atomic E-state index is 0.0912. The molecule has 0 heterocycles. The number of aliphatic hydroxyl groups is 1. The first-order valence-corrected chi connectivity index (χ1v) is 6.34. The van der Waals surface area contributed by atoms with Gasteiger partial charge in [0.1, 0.15) is 5.82 Å². The van der Waals surface area contributed by atoms with Crippen LogP contribution < -0.4 is 10.6 Å². The van der Waals surface area contributed by atoms with E-state index in [9.17, 15) is 14.0 Å². The van der Waals surface area contributed by atoms with E-state index in [2.05, 4.69) is 10.6 Å². The molecule has 20 heavy (non-hydrogen) atoms. The summed E-state index contributed by atoms with van der Waals surface area (Å²) >= 11 is 0. The van der Waals surface area contributed by atoms with E-state index in [1.165, 1.54) is 25.1 Å². The predicted octanol–water partition coefficient (Wildman–Crippen LogP) is 1.21. The van der Waals surface area contributed by atoms with E-state index < -0.39 is 17.6 Å². The van der Waals surface area contributed by atoms with Crippen molar-refractivity contribution in [2.24, 2.45) is 5.92 Å². The lowest BCUT2D eigenvalue weighted by Crippen LogP contribution is -2.44. The first-order chi connectivity index (χ1) is 9.36. The summed E-state index contributed by atoms with van der Waals surface area (Å²) in [5, 5.41) is 13.8. The topological polar surface area (TPSA) is 78.4 Å². The summed E-state index contributed by atoms with van der Waals surface area (Å²) in [7, 11) is 0. The van der Waals surface area contributed by atoms with Crippen molar-refractivity contribution in [1.29, 1.82) is 0 Å². The van der Waals surface area contributed by atoms with Gasteiger partial charge in [-0.1, -0.05) is 13.0 Å². The Balaban J connectivity index is 2.67. The summed E-state index contributed by atoms with van der Waals surface area (Å²) in [6, 6.07) is 3.90. The van der Waals surface area contributed by atoms with Crippen molar-refractivity contribution in [2.45, 2.75) is 26.8 Å². The van der Waals surface area contributed by atoms with Crippen LogP contribution in [0.4, 0.5) is 10.1 Å². The number of hydrogen-bond donors (Lipinski definition) is 3. The maximum absolute atomic E-state index is 13.3. The fourth-order valence-corrected chi connectivity index (χ4v) is 1.49. The van der Waals surface area contributed by atoms with Gasteiger partial charge < -0.3 is 15.7 Å². The zero-order valence-electron chi connectivity index (χ0n) is 11.7. The van der Waals surface area contributed by atoms with Gasteiger partial charge in [-0.05, 0) is 31.9 Å². The van der Waals surface area contributed by atoms with Crippen LogP contribution in [-0.2, 0) is 9.59 Å². The Labute approximate surface area is 117 Å². The van der Waals surface area contributed by atoms with Crippen LogP contribution >= 0.6 is 0 Å². The van der Waals surface area contributed by atoms with Gasteiger partial charge in [0, 0.05) is 23.9 Å². The molecule has 0 aliphatic heterocycles. The van der Waals surface area contributed by atoms with Crippen LogP contribution in [0.2, 0.25) is 0 Å². The third-order valence-electron chi connectivity index (χ3n) is 3.22. The van der Waals surface area contributed by atoms with Crippen molar-refractivity contribution < 1.29 is 19.1 Å². The van der Waals surface area contributed by atoms with E-state index in [0.29, 0.717) is 0 Å². The van der Waals surface area contributed by atoms with Crippen LogP contribution in [0, 0.1) is 18.7 Å². The SMILES string of the molecule is Cc1c(F)cccc1NC(=O)C(=O)NC(C)C(C)CO. The highest BCUT2D eigenvalue weighted by Crippen LogP contribution is 2.17. The van der Waals surface area contributed by atoms with Gasteiger partial charge >= 0.3 is 11.8 Å². The largest absolute Gasteiger partial charge is 0.396 e. The normalized spacial score (nSPS) is 13.4. The summed E-state index contributed by atoms with van der Waals surface area (Å²) < 4.78 is 13.3. The summed E-state index contributed by atoms with van der Waals surface area (Å²) in [5.41, 5.74) is 0.526. The summed E-state index contributed by atoms with van der Waals surface area (Å²) in [4.78, 5) is 23.4. The lowest BCUT2D eigenvalue weighted by Gasteiger charge is -2.19. The molecule has 6 heteroatoms. The van der Waals surface area contributed by atoms with Crippen LogP contribution in [0.1, 0.15) is 19.4 Å². The quantitative estimate of drug-likeness (QED) is 0.726. The molecule has 2 unspecified atom stereocenters. The van der Waals surface area contributed by atoms with E-state index in [1.54, 1.807) is 13.8 Å². The van der Waals surface area contributed by atoms with Crippen molar-refractivity contribution in [2.75, 3.05) is 11.9 Å². The van der Waals surface area contributed by atoms with Crippen LogP contribution in [0.5, 0.6) is 0 Å². The van der Waals surface area contributed by atoms with E-state index in [0.717, 1.165) is 0 Å². The first-order valence-electron chi connectivity index (χ1n) is 6.34. The Bertz CT molecular complexity index is 505. The fourth-order valence-electron chi connectivity index (χ4n) is 1.49. The minimum Gasteiger partial charge on any atom is -0.396 e. The van der Waals surface area contributed by atoms with Gasteiger partial charge in [-0.2, -0.15) is 0 Å². The molecule has 1 aromatic carbocycles. The van der Waals surface area contributed by atoms with Crippen molar-refractivity contribution in [3.63, 3.8) is 0 Å². The van der Waals surface area contributed by atoms with Gasteiger partial charge in [0.2, 0.25) is 0 Å². The fraction of sp³-hybridized carbons (Fsp3) is 0.429. The summed E-state index contributed by atoms with van der Waals surface area (Å²) in [5.74, 6) is -2.30. The molecule has 0 aliphatic carbocycles. The number of amides is 2. The standard InChI is InChI=1S/C14H19FN2O3/c1-8(7-18)10(3)16-13(19)14(20)17-12-6-4-5-11(15)9(12)2/h4-6,8,10,18H,7H2,1-3H3,(H,16,19)(H,17,20). The number of rotatable bonds is 4. The van der Waals surface area contributed by atoms with Crippen molar-refractivity contribution in [1.82, 2.24) is 5.32 Å². The number of carbonyl (C=O) groups excluding carboxylic acids is 2. The number of anilines is 1.